The van der Waals surface area contributed by atoms with Gasteiger partial charge < -0.3 is 28.8 Å². The van der Waals surface area contributed by atoms with Crippen LogP contribution in [0.25, 0.3) is 0 Å². The van der Waals surface area contributed by atoms with E-state index in [0.717, 1.165) is 5.75 Å². The second kappa shape index (κ2) is 18.6. The van der Waals surface area contributed by atoms with Crippen molar-refractivity contribution in [3.8, 4) is 5.75 Å². The molecule has 1 aromatic rings. The second-order valence-corrected chi connectivity index (χ2v) is 4.15. The fourth-order valence-electron chi connectivity index (χ4n) is 1.34. The van der Waals surface area contributed by atoms with Gasteiger partial charge >= 0.3 is 0 Å². The number of benzene rings is 1. The van der Waals surface area contributed by atoms with Gasteiger partial charge in [0.15, 0.2) is 0 Å². The van der Waals surface area contributed by atoms with Crippen molar-refractivity contribution in [2.45, 2.75) is 0 Å². The predicted octanol–water partition coefficient (Wildman–Crippen LogP) is 1.88. The molecule has 0 fully saturated rings. The number of rotatable bonds is 13. The molecule has 0 aliphatic carbocycles. The Balaban J connectivity index is 0.000000459. The summed E-state index contributed by atoms with van der Waals surface area (Å²) in [5.41, 5.74) is 0. The Morgan fingerprint density at radius 1 is 0.870 bits per heavy atom. The van der Waals surface area contributed by atoms with Gasteiger partial charge in [-0.3, -0.25) is 0 Å². The summed E-state index contributed by atoms with van der Waals surface area (Å²) in [5, 5.41) is 8.39. The Morgan fingerprint density at radius 3 is 1.87 bits per heavy atom. The average Bonchev–Trinajstić information content (AvgIpc) is 2.58. The molecule has 0 aliphatic rings. The van der Waals surface area contributed by atoms with Crippen LogP contribution in [0.3, 0.4) is 0 Å². The molecule has 6 heteroatoms. The summed E-state index contributed by atoms with van der Waals surface area (Å²) in [6.07, 6.45) is 1.41. The summed E-state index contributed by atoms with van der Waals surface area (Å²) in [7, 11) is 1.64. The van der Waals surface area contributed by atoms with E-state index in [1.807, 2.05) is 30.3 Å². The van der Waals surface area contributed by atoms with Gasteiger partial charge in [0.1, 0.15) is 5.75 Å². The van der Waals surface area contributed by atoms with Gasteiger partial charge in [0.25, 0.3) is 0 Å². The number of aliphatic hydroxyl groups is 1. The smallest absolute Gasteiger partial charge is 0.126 e. The van der Waals surface area contributed by atoms with Crippen LogP contribution in [0.4, 0.5) is 0 Å². The number of para-hydroxylation sites is 1. The van der Waals surface area contributed by atoms with Crippen LogP contribution >= 0.6 is 0 Å². The van der Waals surface area contributed by atoms with Crippen molar-refractivity contribution in [3.05, 3.63) is 43.2 Å². The summed E-state index contributed by atoms with van der Waals surface area (Å²) in [6, 6.07) is 9.52. The van der Waals surface area contributed by atoms with Gasteiger partial charge in [0.2, 0.25) is 0 Å². The minimum atomic E-state index is 0.0557. The highest BCUT2D eigenvalue weighted by Gasteiger charge is 1.90. The van der Waals surface area contributed by atoms with Crippen LogP contribution in [0.2, 0.25) is 0 Å². The van der Waals surface area contributed by atoms with E-state index >= 15 is 0 Å². The zero-order valence-corrected chi connectivity index (χ0v) is 13.8. The largest absolute Gasteiger partial charge is 0.466 e. The Labute approximate surface area is 138 Å². The molecule has 1 rings (SSSR count). The van der Waals surface area contributed by atoms with Crippen LogP contribution < -0.4 is 4.74 Å². The highest BCUT2D eigenvalue weighted by atomic mass is 16.6. The molecule has 1 N–H and O–H groups in total. The lowest BCUT2D eigenvalue weighted by Gasteiger charge is -2.05. The summed E-state index contributed by atoms with van der Waals surface area (Å²) in [5.74, 6) is 0.826. The van der Waals surface area contributed by atoms with E-state index in [1.54, 1.807) is 7.11 Å². The van der Waals surface area contributed by atoms with Crippen molar-refractivity contribution in [2.24, 2.45) is 0 Å². The number of hydrogen-bond acceptors (Lipinski definition) is 6. The first-order valence-corrected chi connectivity index (χ1v) is 7.50. The normalized spacial score (nSPS) is 9.83. The monoisotopic (exact) mass is 328 g/mol. The lowest BCUT2D eigenvalue weighted by molar-refractivity contribution is -0.000973. The van der Waals surface area contributed by atoms with Gasteiger partial charge in [-0.05, 0) is 12.1 Å². The van der Waals surface area contributed by atoms with Crippen molar-refractivity contribution in [1.29, 1.82) is 0 Å². The van der Waals surface area contributed by atoms with Crippen molar-refractivity contribution in [1.82, 2.24) is 0 Å². The van der Waals surface area contributed by atoms with Gasteiger partial charge in [-0.15, -0.1) is 0 Å². The minimum Gasteiger partial charge on any atom is -0.466 e. The van der Waals surface area contributed by atoms with Crippen LogP contribution in [0.5, 0.6) is 5.75 Å². The van der Waals surface area contributed by atoms with Gasteiger partial charge in [0, 0.05) is 7.11 Å². The van der Waals surface area contributed by atoms with Crippen LogP contribution in [-0.4, -0.2) is 65.1 Å². The Hall–Kier alpha value is -1.44. The van der Waals surface area contributed by atoms with Crippen molar-refractivity contribution in [2.75, 3.05) is 60.0 Å². The van der Waals surface area contributed by atoms with E-state index in [0.29, 0.717) is 46.2 Å². The molecule has 0 aromatic heterocycles. The minimum absolute atomic E-state index is 0.0557. The molecule has 0 saturated carbocycles. The standard InChI is InChI=1S/C9H20O5.C8H8O/c1-11-4-5-13-8-9-14-7-6-12-3-2-10;1-2-9-8-6-4-3-5-7-8/h10H,2-9H2,1H3;2-7H,1H2. The van der Waals surface area contributed by atoms with Crippen molar-refractivity contribution in [3.63, 3.8) is 0 Å². The van der Waals surface area contributed by atoms with E-state index in [4.69, 9.17) is 28.8 Å². The average molecular weight is 328 g/mol. The second-order valence-electron chi connectivity index (χ2n) is 4.15. The van der Waals surface area contributed by atoms with Gasteiger partial charge in [-0.2, -0.15) is 0 Å². The maximum absolute atomic E-state index is 8.39. The zero-order chi connectivity index (χ0) is 17.0. The van der Waals surface area contributed by atoms with Gasteiger partial charge in [-0.1, -0.05) is 24.8 Å². The molecule has 0 radical (unpaired) electrons. The third-order valence-corrected chi connectivity index (χ3v) is 2.37. The molecule has 0 amide bonds. The quantitative estimate of drug-likeness (QED) is 0.440. The first kappa shape index (κ1) is 21.6. The maximum atomic E-state index is 8.39. The summed E-state index contributed by atoms with van der Waals surface area (Å²) >= 11 is 0. The molecule has 0 heterocycles. The first-order chi connectivity index (χ1) is 11.3. The molecule has 132 valence electrons. The molecule has 0 aliphatic heterocycles. The fourth-order valence-corrected chi connectivity index (χ4v) is 1.34. The zero-order valence-electron chi connectivity index (χ0n) is 13.8. The van der Waals surface area contributed by atoms with Crippen molar-refractivity contribution >= 4 is 0 Å². The summed E-state index contributed by atoms with van der Waals surface area (Å²) in [6.45, 7) is 7.25. The SMILES string of the molecule is C=COc1ccccc1.COCCOCCOCCOCCO. The van der Waals surface area contributed by atoms with Crippen LogP contribution in [0.15, 0.2) is 43.2 Å². The van der Waals surface area contributed by atoms with E-state index in [1.165, 1.54) is 6.26 Å². The molecule has 0 saturated heterocycles. The number of aliphatic hydroxyl groups excluding tert-OH is 1. The molecular formula is C17H28O6. The molecule has 6 nitrogen and oxygen atoms in total. The van der Waals surface area contributed by atoms with E-state index in [-0.39, 0.29) is 6.61 Å². The van der Waals surface area contributed by atoms with Gasteiger partial charge in [0.05, 0.1) is 59.1 Å². The number of ether oxygens (including phenoxy) is 5. The highest BCUT2D eigenvalue weighted by molar-refractivity contribution is 5.21. The molecular weight excluding hydrogens is 300 g/mol. The predicted molar refractivity (Wildman–Crippen MR) is 88.7 cm³/mol. The summed E-state index contributed by atoms with van der Waals surface area (Å²) < 4.78 is 25.1. The first-order valence-electron chi connectivity index (χ1n) is 7.50. The highest BCUT2D eigenvalue weighted by Crippen LogP contribution is 2.07. The third kappa shape index (κ3) is 16.8. The Kier molecular flexibility index (Phi) is 17.4. The van der Waals surface area contributed by atoms with Crippen LogP contribution in [0.1, 0.15) is 0 Å². The van der Waals surface area contributed by atoms with E-state index in [9.17, 15) is 0 Å². The van der Waals surface area contributed by atoms with Gasteiger partial charge in [-0.25, -0.2) is 0 Å². The molecule has 0 bridgehead atoms. The number of methoxy groups -OCH3 is 1. The van der Waals surface area contributed by atoms with Crippen LogP contribution in [0, 0.1) is 0 Å². The molecule has 0 atom stereocenters. The Bertz CT molecular complexity index is 332. The molecule has 0 unspecified atom stereocenters. The summed E-state index contributed by atoms with van der Waals surface area (Å²) in [4.78, 5) is 0. The molecule has 0 spiro atoms. The third-order valence-electron chi connectivity index (χ3n) is 2.37. The van der Waals surface area contributed by atoms with Crippen LogP contribution in [-0.2, 0) is 18.9 Å². The van der Waals surface area contributed by atoms with E-state index in [2.05, 4.69) is 6.58 Å². The molecule has 1 aromatic carbocycles. The Morgan fingerprint density at radius 2 is 1.39 bits per heavy atom. The van der Waals surface area contributed by atoms with E-state index < -0.39 is 0 Å². The fraction of sp³-hybridized carbons (Fsp3) is 0.529. The molecule has 23 heavy (non-hydrogen) atoms. The number of hydrogen-bond donors (Lipinski definition) is 1. The lowest BCUT2D eigenvalue weighted by atomic mass is 10.3. The maximum Gasteiger partial charge on any atom is 0.126 e. The topological polar surface area (TPSA) is 66.4 Å². The lowest BCUT2D eigenvalue weighted by Crippen LogP contribution is -2.12. The van der Waals surface area contributed by atoms with Crippen molar-refractivity contribution < 1.29 is 28.8 Å².